The van der Waals surface area contributed by atoms with Crippen LogP contribution in [0.25, 0.3) is 0 Å². The molecule has 0 saturated carbocycles. The molecule has 2 aromatic carbocycles. The minimum Gasteiger partial charge on any atom is -0.496 e. The maximum Gasteiger partial charge on any atom is 0.137 e. The summed E-state index contributed by atoms with van der Waals surface area (Å²) < 4.78 is 19.1. The fourth-order valence-electron chi connectivity index (χ4n) is 1.90. The monoisotopic (exact) mass is 386 g/mol. The van der Waals surface area contributed by atoms with Crippen molar-refractivity contribution < 1.29 is 9.13 Å². The number of methoxy groups -OCH3 is 1. The molecule has 19 heavy (non-hydrogen) atoms. The Kier molecular flexibility index (Phi) is 4.63. The van der Waals surface area contributed by atoms with Gasteiger partial charge in [-0.25, -0.2) is 4.39 Å². The number of ether oxygens (including phenoxy) is 1. The number of benzene rings is 2. The number of rotatable bonds is 3. The van der Waals surface area contributed by atoms with Gasteiger partial charge in [-0.3, -0.25) is 0 Å². The van der Waals surface area contributed by atoms with E-state index in [4.69, 9.17) is 4.74 Å². The van der Waals surface area contributed by atoms with Gasteiger partial charge in [0.15, 0.2) is 0 Å². The highest BCUT2D eigenvalue weighted by atomic mass is 79.9. The van der Waals surface area contributed by atoms with E-state index in [9.17, 15) is 4.39 Å². The van der Waals surface area contributed by atoms with E-state index < -0.39 is 0 Å². The lowest BCUT2D eigenvalue weighted by atomic mass is 10.0. The van der Waals surface area contributed by atoms with Crippen molar-refractivity contribution in [2.24, 2.45) is 0 Å². The zero-order chi connectivity index (χ0) is 14.0. The van der Waals surface area contributed by atoms with Gasteiger partial charge in [-0.05, 0) is 46.6 Å². The smallest absolute Gasteiger partial charge is 0.137 e. The average Bonchev–Trinajstić information content (AvgIpc) is 2.41. The first-order valence-corrected chi connectivity index (χ1v) is 7.47. The molecule has 1 nitrogen and oxygen atoms in total. The standard InChI is InChI=1S/C15H13Br2FO/c1-9-3-6-14(19-2)11(7-9)15(17)10-4-5-13(18)12(16)8-10/h3-8,15H,1-2H3. The number of aryl methyl sites for hydroxylation is 1. The fourth-order valence-corrected chi connectivity index (χ4v) is 2.94. The van der Waals surface area contributed by atoms with Gasteiger partial charge in [-0.15, -0.1) is 0 Å². The fraction of sp³-hybridized carbons (Fsp3) is 0.200. The summed E-state index contributed by atoms with van der Waals surface area (Å²) >= 11 is 6.87. The molecule has 1 unspecified atom stereocenters. The Morgan fingerprint density at radius 2 is 1.89 bits per heavy atom. The number of hydrogen-bond donors (Lipinski definition) is 0. The van der Waals surface area contributed by atoms with Crippen LogP contribution < -0.4 is 4.74 Å². The summed E-state index contributed by atoms with van der Waals surface area (Å²) in [6, 6.07) is 11.0. The molecule has 0 heterocycles. The SMILES string of the molecule is COc1ccc(C)cc1C(Br)c1ccc(F)c(Br)c1. The van der Waals surface area contributed by atoms with Crippen molar-refractivity contribution >= 4 is 31.9 Å². The van der Waals surface area contributed by atoms with Crippen LogP contribution in [0.5, 0.6) is 5.75 Å². The average molecular weight is 388 g/mol. The van der Waals surface area contributed by atoms with Gasteiger partial charge in [0, 0.05) is 5.56 Å². The Balaban J connectivity index is 2.45. The van der Waals surface area contributed by atoms with Gasteiger partial charge in [0.05, 0.1) is 16.4 Å². The molecule has 0 bridgehead atoms. The summed E-state index contributed by atoms with van der Waals surface area (Å²) in [5.74, 6) is 0.549. The second kappa shape index (κ2) is 6.06. The first-order valence-electron chi connectivity index (χ1n) is 5.76. The number of alkyl halides is 1. The Morgan fingerprint density at radius 3 is 2.53 bits per heavy atom. The van der Waals surface area contributed by atoms with E-state index in [1.54, 1.807) is 19.2 Å². The quantitative estimate of drug-likeness (QED) is 0.641. The molecule has 0 fully saturated rings. The van der Waals surface area contributed by atoms with Crippen molar-refractivity contribution in [2.45, 2.75) is 11.8 Å². The maximum absolute atomic E-state index is 13.3. The molecular formula is C15H13Br2FO. The van der Waals surface area contributed by atoms with E-state index >= 15 is 0 Å². The third-order valence-corrected chi connectivity index (χ3v) is 4.52. The third kappa shape index (κ3) is 3.18. The van der Waals surface area contributed by atoms with Gasteiger partial charge < -0.3 is 4.74 Å². The van der Waals surface area contributed by atoms with Crippen molar-refractivity contribution in [3.05, 3.63) is 63.4 Å². The Hall–Kier alpha value is -0.870. The van der Waals surface area contributed by atoms with Crippen LogP contribution >= 0.6 is 31.9 Å². The predicted molar refractivity (Wildman–Crippen MR) is 82.6 cm³/mol. The van der Waals surface area contributed by atoms with Crippen LogP contribution in [0, 0.1) is 12.7 Å². The second-order valence-corrected chi connectivity index (χ2v) is 6.05. The highest BCUT2D eigenvalue weighted by molar-refractivity contribution is 9.10. The molecule has 0 radical (unpaired) electrons. The second-order valence-electron chi connectivity index (χ2n) is 4.28. The van der Waals surface area contributed by atoms with Crippen LogP contribution in [0.2, 0.25) is 0 Å². The molecule has 100 valence electrons. The van der Waals surface area contributed by atoms with Crippen molar-refractivity contribution in [3.63, 3.8) is 0 Å². The van der Waals surface area contributed by atoms with Gasteiger partial charge >= 0.3 is 0 Å². The lowest BCUT2D eigenvalue weighted by Gasteiger charge is -2.16. The van der Waals surface area contributed by atoms with Crippen LogP contribution in [0.4, 0.5) is 4.39 Å². The molecular weight excluding hydrogens is 375 g/mol. The van der Waals surface area contributed by atoms with Crippen LogP contribution in [0.3, 0.4) is 0 Å². The molecule has 0 spiro atoms. The minimum atomic E-state index is -0.264. The summed E-state index contributed by atoms with van der Waals surface area (Å²) in [5.41, 5.74) is 3.15. The Morgan fingerprint density at radius 1 is 1.16 bits per heavy atom. The molecule has 0 saturated heterocycles. The van der Waals surface area contributed by atoms with E-state index in [0.717, 1.165) is 22.4 Å². The highest BCUT2D eigenvalue weighted by Gasteiger charge is 2.16. The molecule has 2 rings (SSSR count). The molecule has 0 aliphatic carbocycles. The normalized spacial score (nSPS) is 12.3. The molecule has 2 aromatic rings. The lowest BCUT2D eigenvalue weighted by Crippen LogP contribution is -1.98. The van der Waals surface area contributed by atoms with E-state index in [-0.39, 0.29) is 10.6 Å². The zero-order valence-electron chi connectivity index (χ0n) is 10.6. The van der Waals surface area contributed by atoms with Crippen LogP contribution in [0.15, 0.2) is 40.9 Å². The predicted octanol–water partition coefficient (Wildman–Crippen LogP) is 5.39. The topological polar surface area (TPSA) is 9.23 Å². The van der Waals surface area contributed by atoms with Gasteiger partial charge in [0.1, 0.15) is 11.6 Å². The molecule has 0 aromatic heterocycles. The van der Waals surface area contributed by atoms with E-state index in [0.29, 0.717) is 4.47 Å². The Labute approximate surface area is 129 Å². The molecule has 0 aliphatic rings. The molecule has 0 amide bonds. The molecule has 1 atom stereocenters. The summed E-state index contributed by atoms with van der Waals surface area (Å²) in [7, 11) is 1.65. The lowest BCUT2D eigenvalue weighted by molar-refractivity contribution is 0.410. The largest absolute Gasteiger partial charge is 0.496 e. The van der Waals surface area contributed by atoms with E-state index in [1.807, 2.05) is 19.1 Å². The molecule has 0 aliphatic heterocycles. The highest BCUT2D eigenvalue weighted by Crippen LogP contribution is 2.38. The first-order chi connectivity index (χ1) is 9.02. The van der Waals surface area contributed by atoms with Crippen molar-refractivity contribution in [2.75, 3.05) is 7.11 Å². The van der Waals surface area contributed by atoms with Crippen LogP contribution in [-0.4, -0.2) is 7.11 Å². The summed E-state index contributed by atoms with van der Waals surface area (Å²) in [5, 5.41) is 0. The van der Waals surface area contributed by atoms with Crippen LogP contribution in [-0.2, 0) is 0 Å². The van der Waals surface area contributed by atoms with E-state index in [1.165, 1.54) is 6.07 Å². The van der Waals surface area contributed by atoms with Gasteiger partial charge in [-0.1, -0.05) is 39.7 Å². The summed E-state index contributed by atoms with van der Waals surface area (Å²) in [4.78, 5) is -0.0424. The van der Waals surface area contributed by atoms with Gasteiger partial charge in [-0.2, -0.15) is 0 Å². The van der Waals surface area contributed by atoms with E-state index in [2.05, 4.69) is 37.9 Å². The third-order valence-electron chi connectivity index (χ3n) is 2.89. The zero-order valence-corrected chi connectivity index (χ0v) is 13.8. The summed E-state index contributed by atoms with van der Waals surface area (Å²) in [6.07, 6.45) is 0. The van der Waals surface area contributed by atoms with Gasteiger partial charge in [0.2, 0.25) is 0 Å². The maximum atomic E-state index is 13.3. The molecule has 0 N–H and O–H groups in total. The number of hydrogen-bond acceptors (Lipinski definition) is 1. The number of halogens is 3. The molecule has 4 heteroatoms. The Bertz CT molecular complexity index is 599. The van der Waals surface area contributed by atoms with Gasteiger partial charge in [0.25, 0.3) is 0 Å². The van der Waals surface area contributed by atoms with Crippen molar-refractivity contribution in [1.29, 1.82) is 0 Å². The van der Waals surface area contributed by atoms with Crippen molar-refractivity contribution in [1.82, 2.24) is 0 Å². The first kappa shape index (κ1) is 14.5. The summed E-state index contributed by atoms with van der Waals surface area (Å²) in [6.45, 7) is 2.03. The van der Waals surface area contributed by atoms with Crippen LogP contribution in [0.1, 0.15) is 21.5 Å². The van der Waals surface area contributed by atoms with Crippen molar-refractivity contribution in [3.8, 4) is 5.75 Å². The minimum absolute atomic E-state index is 0.0424.